The maximum Gasteiger partial charge on any atom is 0.292 e. The van der Waals surface area contributed by atoms with E-state index in [4.69, 9.17) is 0 Å². The van der Waals surface area contributed by atoms with E-state index in [9.17, 15) is 5.53 Å². The van der Waals surface area contributed by atoms with Crippen molar-refractivity contribution in [3.8, 4) is 0 Å². The summed E-state index contributed by atoms with van der Waals surface area (Å²) in [6.45, 7) is 0. The molecule has 0 aromatic heterocycles. The van der Waals surface area contributed by atoms with Gasteiger partial charge in [0.2, 0.25) is 0 Å². The molecule has 0 unspecified atom stereocenters. The van der Waals surface area contributed by atoms with Crippen LogP contribution in [0.3, 0.4) is 0 Å². The van der Waals surface area contributed by atoms with Gasteiger partial charge in [0.15, 0.2) is 0 Å². The van der Waals surface area contributed by atoms with Crippen LogP contribution in [0.5, 0.6) is 0 Å². The highest BCUT2D eigenvalue weighted by Gasteiger charge is 2.13. The minimum atomic E-state index is 0.891. The predicted molar refractivity (Wildman–Crippen MR) is 103 cm³/mol. The van der Waals surface area contributed by atoms with Crippen molar-refractivity contribution in [3.63, 3.8) is 0 Å². The molecule has 0 aromatic carbocycles. The number of rotatable bonds is 1. The van der Waals surface area contributed by atoms with Crippen molar-refractivity contribution in [3.05, 3.63) is 28.8 Å². The van der Waals surface area contributed by atoms with Crippen LogP contribution in [0.25, 0.3) is 5.53 Å². The molecule has 2 aliphatic carbocycles. The van der Waals surface area contributed by atoms with Gasteiger partial charge in [-0.05, 0) is 56.1 Å². The molecule has 0 aromatic rings. The molecule has 24 heavy (non-hydrogen) atoms. The summed E-state index contributed by atoms with van der Waals surface area (Å²) in [5.74, 6) is 0. The summed E-state index contributed by atoms with van der Waals surface area (Å²) in [5.41, 5.74) is 13.3. The standard InChI is InChI=1S/C22H36N2/c23-24-22-18-14-10-6-5-9-13-17-21(19-22)20-15-11-7-3-1-2-4-8-12-16-20/h15,19H,1-14,16-18H2/b20-15?,21-19+. The Bertz CT molecular complexity index is 466. The van der Waals surface area contributed by atoms with Crippen molar-refractivity contribution < 1.29 is 4.79 Å². The third-order valence-corrected chi connectivity index (χ3v) is 5.55. The molecule has 134 valence electrons. The first kappa shape index (κ1) is 19.2. The Hall–Kier alpha value is -1.14. The molecule has 0 atom stereocenters. The molecule has 0 bridgehead atoms. The van der Waals surface area contributed by atoms with E-state index in [2.05, 4.69) is 16.9 Å². The summed E-state index contributed by atoms with van der Waals surface area (Å²) in [5, 5.41) is 0. The molecule has 2 rings (SSSR count). The van der Waals surface area contributed by atoms with Gasteiger partial charge in [0, 0.05) is 12.5 Å². The zero-order chi connectivity index (χ0) is 16.9. The van der Waals surface area contributed by atoms with E-state index in [1.54, 1.807) is 5.57 Å². The van der Waals surface area contributed by atoms with E-state index in [0.717, 1.165) is 25.0 Å². The zero-order valence-electron chi connectivity index (χ0n) is 15.6. The third-order valence-electron chi connectivity index (χ3n) is 5.55. The van der Waals surface area contributed by atoms with Gasteiger partial charge in [-0.1, -0.05) is 63.9 Å². The van der Waals surface area contributed by atoms with E-state index in [0.29, 0.717) is 0 Å². The van der Waals surface area contributed by atoms with Crippen LogP contribution in [0.4, 0.5) is 0 Å². The second kappa shape index (κ2) is 12.3. The average molecular weight is 329 g/mol. The van der Waals surface area contributed by atoms with Crippen molar-refractivity contribution in [2.24, 2.45) is 0 Å². The summed E-state index contributed by atoms with van der Waals surface area (Å²) in [6.07, 6.45) is 26.6. The summed E-state index contributed by atoms with van der Waals surface area (Å²) < 4.78 is 0. The Morgan fingerprint density at radius 1 is 0.583 bits per heavy atom. The molecule has 0 amide bonds. The van der Waals surface area contributed by atoms with E-state index in [-0.39, 0.29) is 0 Å². The van der Waals surface area contributed by atoms with Crippen molar-refractivity contribution in [2.75, 3.05) is 0 Å². The summed E-state index contributed by atoms with van der Waals surface area (Å²) in [4.78, 5) is 3.60. The molecule has 0 saturated heterocycles. The van der Waals surface area contributed by atoms with Gasteiger partial charge >= 0.3 is 0 Å². The van der Waals surface area contributed by atoms with Crippen LogP contribution in [0, 0.1) is 0 Å². The van der Waals surface area contributed by atoms with Crippen molar-refractivity contribution in [1.82, 2.24) is 0 Å². The smallest absolute Gasteiger partial charge is 0.292 e. The van der Waals surface area contributed by atoms with E-state index in [1.807, 2.05) is 0 Å². The Labute approximate surface area is 149 Å². The van der Waals surface area contributed by atoms with Crippen LogP contribution < -0.4 is 0 Å². The monoisotopic (exact) mass is 328 g/mol. The summed E-state index contributed by atoms with van der Waals surface area (Å²) >= 11 is 0. The van der Waals surface area contributed by atoms with E-state index >= 15 is 0 Å². The fraction of sp³-hybridized carbons (Fsp3) is 0.773. The second-order valence-corrected chi connectivity index (χ2v) is 7.63. The fourth-order valence-corrected chi connectivity index (χ4v) is 4.02. The highest BCUT2D eigenvalue weighted by Crippen LogP contribution is 2.27. The van der Waals surface area contributed by atoms with E-state index in [1.165, 1.54) is 95.5 Å². The topological polar surface area (TPSA) is 36.4 Å². The van der Waals surface area contributed by atoms with Crippen molar-refractivity contribution >= 4 is 5.71 Å². The summed E-state index contributed by atoms with van der Waals surface area (Å²) in [6, 6.07) is 0. The lowest BCUT2D eigenvalue weighted by Crippen LogP contribution is -2.00. The lowest BCUT2D eigenvalue weighted by Gasteiger charge is -2.12. The van der Waals surface area contributed by atoms with Gasteiger partial charge in [-0.25, -0.2) is 0 Å². The first-order valence-electron chi connectivity index (χ1n) is 10.5. The van der Waals surface area contributed by atoms with Crippen LogP contribution in [0.15, 0.2) is 23.3 Å². The first-order chi connectivity index (χ1) is 11.9. The fourth-order valence-electron chi connectivity index (χ4n) is 4.02. The van der Waals surface area contributed by atoms with Crippen molar-refractivity contribution in [2.45, 2.75) is 109 Å². The molecule has 0 saturated carbocycles. The number of allylic oxidation sites excluding steroid dienone is 4. The molecule has 2 aliphatic rings. The molecular formula is C22H36N2. The molecule has 2 nitrogen and oxygen atoms in total. The lowest BCUT2D eigenvalue weighted by molar-refractivity contribution is -0.00649. The van der Waals surface area contributed by atoms with Gasteiger partial charge < -0.3 is 5.53 Å². The minimum Gasteiger partial charge on any atom is -0.361 e. The third kappa shape index (κ3) is 7.62. The Kier molecular flexibility index (Phi) is 9.80. The molecule has 0 fully saturated rings. The Morgan fingerprint density at radius 2 is 1.08 bits per heavy atom. The van der Waals surface area contributed by atoms with Crippen LogP contribution in [0.2, 0.25) is 0 Å². The average Bonchev–Trinajstić information content (AvgIpc) is 2.70. The molecule has 0 spiro atoms. The molecular weight excluding hydrogens is 292 g/mol. The molecule has 0 N–H and O–H groups in total. The van der Waals surface area contributed by atoms with Crippen LogP contribution in [-0.2, 0) is 0 Å². The Morgan fingerprint density at radius 3 is 1.71 bits per heavy atom. The van der Waals surface area contributed by atoms with Crippen LogP contribution in [-0.4, -0.2) is 10.5 Å². The zero-order valence-corrected chi connectivity index (χ0v) is 15.6. The second-order valence-electron chi connectivity index (χ2n) is 7.63. The van der Waals surface area contributed by atoms with Gasteiger partial charge in [-0.3, -0.25) is 0 Å². The van der Waals surface area contributed by atoms with Crippen LogP contribution in [0.1, 0.15) is 109 Å². The lowest BCUT2D eigenvalue weighted by atomic mass is 9.92. The van der Waals surface area contributed by atoms with E-state index < -0.39 is 0 Å². The molecule has 0 aliphatic heterocycles. The molecule has 0 heterocycles. The highest BCUT2D eigenvalue weighted by atomic mass is 14.8. The number of hydrogen-bond donors (Lipinski definition) is 0. The minimum absolute atomic E-state index is 0.891. The highest BCUT2D eigenvalue weighted by molar-refractivity contribution is 5.91. The first-order valence-corrected chi connectivity index (χ1v) is 10.5. The quantitative estimate of drug-likeness (QED) is 0.361. The normalized spacial score (nSPS) is 25.2. The summed E-state index contributed by atoms with van der Waals surface area (Å²) in [7, 11) is 0. The SMILES string of the molecule is [N-]=[N+]=C1/C=C(/C2=CCCCCCCCCC2)CCCCCCCC1. The molecule has 2 heteroatoms. The maximum atomic E-state index is 9.40. The Balaban J connectivity index is 2.14. The van der Waals surface area contributed by atoms with Gasteiger partial charge in [0.25, 0.3) is 5.71 Å². The van der Waals surface area contributed by atoms with Gasteiger partial charge in [0.1, 0.15) is 0 Å². The predicted octanol–water partition coefficient (Wildman–Crippen LogP) is 7.17. The number of hydrogen-bond acceptors (Lipinski definition) is 0. The molecule has 0 radical (unpaired) electrons. The van der Waals surface area contributed by atoms with Gasteiger partial charge in [0.05, 0.1) is 0 Å². The van der Waals surface area contributed by atoms with Crippen LogP contribution >= 0.6 is 0 Å². The number of nitrogens with zero attached hydrogens (tertiary/aromatic N) is 2. The van der Waals surface area contributed by atoms with Gasteiger partial charge in [-0.15, -0.1) is 0 Å². The van der Waals surface area contributed by atoms with Gasteiger partial charge in [-0.2, -0.15) is 4.79 Å². The maximum absolute atomic E-state index is 9.40. The largest absolute Gasteiger partial charge is 0.361 e. The van der Waals surface area contributed by atoms with Crippen molar-refractivity contribution in [1.29, 1.82) is 0 Å².